The fourth-order valence-corrected chi connectivity index (χ4v) is 2.95. The van der Waals surface area contributed by atoms with E-state index < -0.39 is 0 Å². The quantitative estimate of drug-likeness (QED) is 0.908. The molecule has 0 amide bonds. The summed E-state index contributed by atoms with van der Waals surface area (Å²) in [6.07, 6.45) is 5.01. The Morgan fingerprint density at radius 2 is 1.95 bits per heavy atom. The van der Waals surface area contributed by atoms with Crippen LogP contribution in [0.25, 0.3) is 0 Å². The Hall–Kier alpha value is -1.74. The smallest absolute Gasteiger partial charge is 0.120 e. The Labute approximate surface area is 126 Å². The first-order chi connectivity index (χ1) is 10.3. The third kappa shape index (κ3) is 3.30. The number of benzene rings is 1. The minimum absolute atomic E-state index is 0.567. The molecule has 0 spiro atoms. The van der Waals surface area contributed by atoms with Gasteiger partial charge in [-0.05, 0) is 69.0 Å². The van der Waals surface area contributed by atoms with Crippen molar-refractivity contribution in [2.45, 2.75) is 45.8 Å². The van der Waals surface area contributed by atoms with Crippen LogP contribution >= 0.6 is 0 Å². The van der Waals surface area contributed by atoms with E-state index in [-0.39, 0.29) is 0 Å². The summed E-state index contributed by atoms with van der Waals surface area (Å²) in [5.41, 5.74) is 4.07. The largest absolute Gasteiger partial charge is 0.489 e. The van der Waals surface area contributed by atoms with Crippen LogP contribution in [-0.4, -0.2) is 7.05 Å². The van der Waals surface area contributed by atoms with Crippen LogP contribution in [0.5, 0.6) is 5.75 Å². The average molecular weight is 285 g/mol. The van der Waals surface area contributed by atoms with Crippen LogP contribution in [0.3, 0.4) is 0 Å². The van der Waals surface area contributed by atoms with Gasteiger partial charge in [-0.15, -0.1) is 0 Å². The Balaban J connectivity index is 1.67. The zero-order valence-corrected chi connectivity index (χ0v) is 12.9. The first kappa shape index (κ1) is 14.2. The third-order valence-corrected chi connectivity index (χ3v) is 4.14. The number of nitrogens with one attached hydrogen (secondary N) is 1. The molecular weight excluding hydrogens is 262 g/mol. The Bertz CT molecular complexity index is 616. The number of aryl methyl sites for hydroxylation is 3. The van der Waals surface area contributed by atoms with Crippen LogP contribution < -0.4 is 10.1 Å². The Morgan fingerprint density at radius 3 is 2.76 bits per heavy atom. The topological polar surface area (TPSA) is 34.4 Å². The van der Waals surface area contributed by atoms with Crippen LogP contribution in [0.1, 0.15) is 41.1 Å². The highest BCUT2D eigenvalue weighted by molar-refractivity contribution is 5.37. The first-order valence-electron chi connectivity index (χ1n) is 7.73. The van der Waals surface area contributed by atoms with E-state index >= 15 is 0 Å². The van der Waals surface area contributed by atoms with Crippen LogP contribution in [0, 0.1) is 6.92 Å². The molecule has 2 aromatic rings. The van der Waals surface area contributed by atoms with E-state index in [1.54, 1.807) is 0 Å². The maximum Gasteiger partial charge on any atom is 0.120 e. The summed E-state index contributed by atoms with van der Waals surface area (Å²) in [5, 5.41) is 3.10. The van der Waals surface area contributed by atoms with Gasteiger partial charge in [0.05, 0.1) is 6.54 Å². The van der Waals surface area contributed by atoms with E-state index in [1.165, 1.54) is 36.8 Å². The number of ether oxygens (including phenoxy) is 1. The molecule has 0 saturated heterocycles. The van der Waals surface area contributed by atoms with Crippen molar-refractivity contribution in [2.24, 2.45) is 0 Å². The molecule has 0 unspecified atom stereocenters. The van der Waals surface area contributed by atoms with Gasteiger partial charge in [0.1, 0.15) is 23.9 Å². The van der Waals surface area contributed by atoms with Crippen LogP contribution in [0.4, 0.5) is 0 Å². The molecule has 0 fully saturated rings. The molecule has 0 atom stereocenters. The molecule has 1 heterocycles. The maximum absolute atomic E-state index is 5.95. The van der Waals surface area contributed by atoms with Crippen molar-refractivity contribution < 1.29 is 9.15 Å². The highest BCUT2D eigenvalue weighted by atomic mass is 16.5. The first-order valence-corrected chi connectivity index (χ1v) is 7.73. The van der Waals surface area contributed by atoms with Gasteiger partial charge in [-0.1, -0.05) is 6.07 Å². The third-order valence-electron chi connectivity index (χ3n) is 4.14. The summed E-state index contributed by atoms with van der Waals surface area (Å²) < 4.78 is 11.6. The predicted octanol–water partition coefficient (Wildman–Crippen LogP) is 3.77. The highest BCUT2D eigenvalue weighted by Gasteiger charge is 2.11. The van der Waals surface area contributed by atoms with Gasteiger partial charge in [-0.3, -0.25) is 0 Å². The number of rotatable bonds is 5. The summed E-state index contributed by atoms with van der Waals surface area (Å²) in [6.45, 7) is 3.31. The van der Waals surface area contributed by atoms with Gasteiger partial charge >= 0.3 is 0 Å². The zero-order chi connectivity index (χ0) is 14.7. The van der Waals surface area contributed by atoms with Gasteiger partial charge in [0.25, 0.3) is 0 Å². The SMILES string of the molecule is CNCc1cc(COc2ccc3c(c2)CCCC3)c(C)o1. The van der Waals surface area contributed by atoms with Gasteiger partial charge < -0.3 is 14.5 Å². The van der Waals surface area contributed by atoms with Crippen LogP contribution in [-0.2, 0) is 26.0 Å². The molecule has 3 nitrogen and oxygen atoms in total. The van der Waals surface area contributed by atoms with Crippen molar-refractivity contribution in [1.82, 2.24) is 5.32 Å². The van der Waals surface area contributed by atoms with E-state index in [0.29, 0.717) is 6.61 Å². The lowest BCUT2D eigenvalue weighted by Crippen LogP contribution is -2.04. The molecule has 112 valence electrons. The van der Waals surface area contributed by atoms with Crippen molar-refractivity contribution in [3.05, 3.63) is 52.5 Å². The van der Waals surface area contributed by atoms with Crippen molar-refractivity contribution in [1.29, 1.82) is 0 Å². The monoisotopic (exact) mass is 285 g/mol. The molecule has 3 heteroatoms. The molecule has 0 bridgehead atoms. The Kier molecular flexibility index (Phi) is 4.30. The second-order valence-electron chi connectivity index (χ2n) is 5.75. The maximum atomic E-state index is 5.95. The highest BCUT2D eigenvalue weighted by Crippen LogP contribution is 2.26. The standard InChI is InChI=1S/C18H23NO2/c1-13-16(10-18(21-13)11-19-2)12-20-17-8-7-14-5-3-4-6-15(14)9-17/h7-10,19H,3-6,11-12H2,1-2H3. The Morgan fingerprint density at radius 1 is 1.14 bits per heavy atom. The predicted molar refractivity (Wildman–Crippen MR) is 83.6 cm³/mol. The summed E-state index contributed by atoms with van der Waals surface area (Å²) in [6, 6.07) is 8.59. The van der Waals surface area contributed by atoms with Crippen molar-refractivity contribution in [3.8, 4) is 5.75 Å². The van der Waals surface area contributed by atoms with Crippen molar-refractivity contribution in [2.75, 3.05) is 7.05 Å². The van der Waals surface area contributed by atoms with E-state index in [9.17, 15) is 0 Å². The molecule has 3 rings (SSSR count). The van der Waals surface area contributed by atoms with Gasteiger partial charge in [-0.25, -0.2) is 0 Å². The second-order valence-corrected chi connectivity index (χ2v) is 5.75. The van der Waals surface area contributed by atoms with E-state index in [0.717, 1.165) is 29.4 Å². The van der Waals surface area contributed by atoms with Crippen molar-refractivity contribution >= 4 is 0 Å². The number of hydrogen-bond acceptors (Lipinski definition) is 3. The summed E-state index contributed by atoms with van der Waals surface area (Å²) in [4.78, 5) is 0. The van der Waals surface area contributed by atoms with Gasteiger partial charge in [0.2, 0.25) is 0 Å². The van der Waals surface area contributed by atoms with E-state index in [2.05, 4.69) is 29.6 Å². The normalized spacial score (nSPS) is 14.0. The molecule has 1 N–H and O–H groups in total. The van der Waals surface area contributed by atoms with Gasteiger partial charge in [0, 0.05) is 5.56 Å². The number of furan rings is 1. The molecule has 1 aliphatic rings. The summed E-state index contributed by atoms with van der Waals surface area (Å²) >= 11 is 0. The molecule has 21 heavy (non-hydrogen) atoms. The zero-order valence-electron chi connectivity index (χ0n) is 12.9. The average Bonchev–Trinajstić information content (AvgIpc) is 2.85. The summed E-state index contributed by atoms with van der Waals surface area (Å²) in [5.74, 6) is 2.86. The lowest BCUT2D eigenvalue weighted by Gasteiger charge is -2.16. The fourth-order valence-electron chi connectivity index (χ4n) is 2.95. The van der Waals surface area contributed by atoms with E-state index in [1.807, 2.05) is 14.0 Å². The summed E-state index contributed by atoms with van der Waals surface area (Å²) in [7, 11) is 1.92. The minimum Gasteiger partial charge on any atom is -0.489 e. The van der Waals surface area contributed by atoms with E-state index in [4.69, 9.17) is 9.15 Å². The van der Waals surface area contributed by atoms with Gasteiger partial charge in [-0.2, -0.15) is 0 Å². The molecule has 0 aliphatic heterocycles. The molecular formula is C18H23NO2. The molecule has 1 aromatic heterocycles. The van der Waals surface area contributed by atoms with Crippen molar-refractivity contribution in [3.63, 3.8) is 0 Å². The van der Waals surface area contributed by atoms with Crippen LogP contribution in [0.2, 0.25) is 0 Å². The molecule has 0 radical (unpaired) electrons. The second kappa shape index (κ2) is 6.35. The minimum atomic E-state index is 0.567. The van der Waals surface area contributed by atoms with Crippen LogP contribution in [0.15, 0.2) is 28.7 Å². The number of fused-ring (bicyclic) bond motifs is 1. The lowest BCUT2D eigenvalue weighted by molar-refractivity contribution is 0.302. The number of hydrogen-bond donors (Lipinski definition) is 1. The molecule has 1 aliphatic carbocycles. The van der Waals surface area contributed by atoms with Gasteiger partial charge in [0.15, 0.2) is 0 Å². The molecule has 0 saturated carbocycles. The molecule has 1 aromatic carbocycles. The lowest BCUT2D eigenvalue weighted by atomic mass is 9.92. The fraction of sp³-hybridized carbons (Fsp3) is 0.444.